The second kappa shape index (κ2) is 8.74. The smallest absolute Gasteiger partial charge is 0.277 e. The first-order valence-corrected chi connectivity index (χ1v) is 11.4. The molecular weight excluding hydrogens is 460 g/mol. The Bertz CT molecular complexity index is 1610. The van der Waals surface area contributed by atoms with Crippen molar-refractivity contribution in [2.24, 2.45) is 0 Å². The number of nitrogens with zero attached hydrogens (tertiary/aromatic N) is 1. The van der Waals surface area contributed by atoms with Crippen LogP contribution in [-0.4, -0.2) is 30.1 Å². The second-order valence-corrected chi connectivity index (χ2v) is 8.39. The number of amides is 1. The van der Waals surface area contributed by atoms with E-state index in [4.69, 9.17) is 18.4 Å². The number of rotatable bonds is 5. The highest BCUT2D eigenvalue weighted by molar-refractivity contribution is 6.18. The Hall–Kier alpha value is -4.85. The molecule has 1 N–H and O–H groups in total. The molecule has 0 fully saturated rings. The summed E-state index contributed by atoms with van der Waals surface area (Å²) in [4.78, 5) is 26.4. The summed E-state index contributed by atoms with van der Waals surface area (Å²) in [6.07, 6.45) is 0. The first-order valence-electron chi connectivity index (χ1n) is 11.4. The van der Waals surface area contributed by atoms with Crippen molar-refractivity contribution >= 4 is 28.3 Å². The highest BCUT2D eigenvalue weighted by Gasteiger charge is 2.25. The van der Waals surface area contributed by atoms with Gasteiger partial charge in [-0.05, 0) is 37.3 Å². The normalized spacial score (nSPS) is 12.5. The minimum atomic E-state index is -0.535. The number of carbonyl (C=O) groups excluding carboxylic acids is 2. The Morgan fingerprint density at radius 3 is 2.50 bits per heavy atom. The maximum absolute atomic E-state index is 13.3. The number of benzene rings is 3. The highest BCUT2D eigenvalue weighted by atomic mass is 16.6. The number of aryl methyl sites for hydroxylation is 1. The van der Waals surface area contributed by atoms with Crippen molar-refractivity contribution in [3.63, 3.8) is 0 Å². The van der Waals surface area contributed by atoms with Crippen LogP contribution in [0.3, 0.4) is 0 Å². The summed E-state index contributed by atoms with van der Waals surface area (Å²) in [5, 5.41) is 7.35. The first-order chi connectivity index (χ1) is 17.6. The van der Waals surface area contributed by atoms with Crippen LogP contribution in [0.1, 0.15) is 32.2 Å². The number of ether oxygens (including phenoxy) is 2. The van der Waals surface area contributed by atoms with Crippen LogP contribution < -0.4 is 14.8 Å². The van der Waals surface area contributed by atoms with Crippen LogP contribution >= 0.6 is 0 Å². The molecule has 3 heterocycles. The lowest BCUT2D eigenvalue weighted by atomic mass is 10.1. The van der Waals surface area contributed by atoms with Crippen molar-refractivity contribution in [2.45, 2.75) is 6.92 Å². The summed E-state index contributed by atoms with van der Waals surface area (Å²) in [6.45, 7) is 2.90. The van der Waals surface area contributed by atoms with Crippen LogP contribution in [0.15, 0.2) is 81.7 Å². The molecule has 8 heteroatoms. The van der Waals surface area contributed by atoms with Crippen molar-refractivity contribution in [3.05, 3.63) is 95.4 Å². The van der Waals surface area contributed by atoms with E-state index in [0.717, 1.165) is 5.56 Å². The van der Waals surface area contributed by atoms with Crippen LogP contribution in [0.2, 0.25) is 0 Å². The van der Waals surface area contributed by atoms with E-state index in [1.807, 2.05) is 25.1 Å². The number of ketones is 1. The van der Waals surface area contributed by atoms with Crippen molar-refractivity contribution < 1.29 is 28.0 Å². The Morgan fingerprint density at radius 1 is 0.889 bits per heavy atom. The molecule has 8 nitrogen and oxygen atoms in total. The fourth-order valence-electron chi connectivity index (χ4n) is 4.06. The van der Waals surface area contributed by atoms with Gasteiger partial charge in [0.15, 0.2) is 28.7 Å². The molecule has 0 spiro atoms. The Morgan fingerprint density at radius 2 is 1.67 bits per heavy atom. The first kappa shape index (κ1) is 21.7. The lowest BCUT2D eigenvalue weighted by molar-refractivity contribution is 0.101. The largest absolute Gasteiger partial charge is 0.486 e. The van der Waals surface area contributed by atoms with Crippen LogP contribution in [0.5, 0.6) is 11.5 Å². The summed E-state index contributed by atoms with van der Waals surface area (Å²) in [6, 6.07) is 21.2. The summed E-state index contributed by atoms with van der Waals surface area (Å²) in [5.74, 6) is 0.824. The second-order valence-electron chi connectivity index (χ2n) is 8.39. The lowest BCUT2D eigenvalue weighted by Crippen LogP contribution is -2.15. The number of hydrogen-bond donors (Lipinski definition) is 1. The maximum atomic E-state index is 13.3. The van der Waals surface area contributed by atoms with Crippen molar-refractivity contribution in [2.75, 3.05) is 18.5 Å². The maximum Gasteiger partial charge on any atom is 0.277 e. The van der Waals surface area contributed by atoms with Crippen LogP contribution in [0, 0.1) is 6.92 Å². The van der Waals surface area contributed by atoms with E-state index in [9.17, 15) is 9.59 Å². The van der Waals surface area contributed by atoms with E-state index in [1.165, 1.54) is 6.07 Å². The number of carbonyl (C=O) groups is 2. The molecule has 1 amide bonds. The zero-order valence-electron chi connectivity index (χ0n) is 19.2. The molecule has 178 valence electrons. The topological polar surface area (TPSA) is 104 Å². The SMILES string of the molecule is Cc1ccc(C(=O)c2oc3ccccc3c2NC(=O)c2cc(-c3ccc4c(c3)OCCO4)on2)cc1. The van der Waals surface area contributed by atoms with Gasteiger partial charge in [-0.3, -0.25) is 9.59 Å². The number of hydrogen-bond acceptors (Lipinski definition) is 7. The molecule has 36 heavy (non-hydrogen) atoms. The van der Waals surface area contributed by atoms with Gasteiger partial charge in [0.1, 0.15) is 18.8 Å². The predicted molar refractivity (Wildman–Crippen MR) is 132 cm³/mol. The third-order valence-corrected chi connectivity index (χ3v) is 5.92. The minimum absolute atomic E-state index is 0.0453. The number of furan rings is 1. The molecule has 6 rings (SSSR count). The van der Waals surface area contributed by atoms with Gasteiger partial charge in [-0.1, -0.05) is 47.1 Å². The zero-order chi connectivity index (χ0) is 24.6. The fraction of sp³-hybridized carbons (Fsp3) is 0.107. The van der Waals surface area contributed by atoms with Gasteiger partial charge in [-0.15, -0.1) is 0 Å². The van der Waals surface area contributed by atoms with Gasteiger partial charge < -0.3 is 23.7 Å². The Labute approximate surface area is 205 Å². The summed E-state index contributed by atoms with van der Waals surface area (Å²) >= 11 is 0. The van der Waals surface area contributed by atoms with Gasteiger partial charge in [-0.25, -0.2) is 0 Å². The number of para-hydroxylation sites is 1. The van der Waals surface area contributed by atoms with Crippen molar-refractivity contribution in [1.29, 1.82) is 0 Å². The molecule has 2 aromatic heterocycles. The van der Waals surface area contributed by atoms with E-state index in [-0.39, 0.29) is 22.9 Å². The summed E-state index contributed by atoms with van der Waals surface area (Å²) < 4.78 is 22.5. The average Bonchev–Trinajstić information content (AvgIpc) is 3.54. The molecule has 0 atom stereocenters. The molecule has 1 aliphatic rings. The van der Waals surface area contributed by atoms with Gasteiger partial charge >= 0.3 is 0 Å². The van der Waals surface area contributed by atoms with Gasteiger partial charge in [0.25, 0.3) is 5.91 Å². The van der Waals surface area contributed by atoms with E-state index in [0.29, 0.717) is 52.6 Å². The highest BCUT2D eigenvalue weighted by Crippen LogP contribution is 2.36. The Balaban J connectivity index is 1.31. The number of fused-ring (bicyclic) bond motifs is 2. The molecule has 0 aliphatic carbocycles. The van der Waals surface area contributed by atoms with Crippen LogP contribution in [0.25, 0.3) is 22.3 Å². The van der Waals surface area contributed by atoms with Gasteiger partial charge in [0.2, 0.25) is 5.78 Å². The molecular formula is C28H20N2O6. The molecule has 0 saturated carbocycles. The number of anilines is 1. The minimum Gasteiger partial charge on any atom is -0.486 e. The van der Waals surface area contributed by atoms with E-state index >= 15 is 0 Å². The number of aromatic nitrogens is 1. The number of nitrogens with one attached hydrogen (secondary N) is 1. The van der Waals surface area contributed by atoms with Gasteiger partial charge in [0, 0.05) is 22.6 Å². The lowest BCUT2D eigenvalue weighted by Gasteiger charge is -2.18. The predicted octanol–water partition coefficient (Wildman–Crippen LogP) is 5.65. The average molecular weight is 480 g/mol. The Kier molecular flexibility index (Phi) is 5.26. The van der Waals surface area contributed by atoms with Gasteiger partial charge in [0.05, 0.1) is 5.69 Å². The fourth-order valence-corrected chi connectivity index (χ4v) is 4.06. The molecule has 3 aromatic carbocycles. The van der Waals surface area contributed by atoms with Crippen LogP contribution in [0.4, 0.5) is 5.69 Å². The van der Waals surface area contributed by atoms with Gasteiger partial charge in [-0.2, -0.15) is 0 Å². The third-order valence-electron chi connectivity index (χ3n) is 5.92. The van der Waals surface area contributed by atoms with E-state index < -0.39 is 5.91 Å². The monoisotopic (exact) mass is 480 g/mol. The zero-order valence-corrected chi connectivity index (χ0v) is 19.2. The van der Waals surface area contributed by atoms with Crippen molar-refractivity contribution in [1.82, 2.24) is 5.16 Å². The third kappa shape index (κ3) is 3.88. The van der Waals surface area contributed by atoms with E-state index in [1.54, 1.807) is 48.5 Å². The molecule has 0 unspecified atom stereocenters. The van der Waals surface area contributed by atoms with E-state index in [2.05, 4.69) is 10.5 Å². The van der Waals surface area contributed by atoms with Crippen molar-refractivity contribution in [3.8, 4) is 22.8 Å². The van der Waals surface area contributed by atoms with Crippen LogP contribution in [-0.2, 0) is 0 Å². The quantitative estimate of drug-likeness (QED) is 0.324. The summed E-state index contributed by atoms with van der Waals surface area (Å²) in [7, 11) is 0. The molecule has 0 saturated heterocycles. The molecule has 5 aromatic rings. The molecule has 1 aliphatic heterocycles. The molecule has 0 bridgehead atoms. The standard InChI is InChI=1S/C28H20N2O6/c1-16-6-8-17(9-7-16)26(31)27-25(19-4-2-3-5-21(19)35-27)29-28(32)20-15-23(36-30-20)18-10-11-22-24(14-18)34-13-12-33-22/h2-11,14-15H,12-13H2,1H3,(H,29,32). The summed E-state index contributed by atoms with van der Waals surface area (Å²) in [5.41, 5.74) is 3.00. The molecule has 0 radical (unpaired) electrons.